The van der Waals surface area contributed by atoms with E-state index < -0.39 is 11.9 Å². The minimum absolute atomic E-state index is 0.0118. The van der Waals surface area contributed by atoms with Crippen molar-refractivity contribution in [2.75, 3.05) is 30.9 Å². The molecule has 0 aliphatic heterocycles. The molecule has 0 unspecified atom stereocenters. The van der Waals surface area contributed by atoms with Crippen LogP contribution in [0.1, 0.15) is 25.7 Å². The van der Waals surface area contributed by atoms with Crippen LogP contribution in [-0.2, 0) is 9.59 Å². The highest BCUT2D eigenvalue weighted by molar-refractivity contribution is 5.97. The number of hydrogen-bond donors (Lipinski definition) is 3. The fourth-order valence-corrected chi connectivity index (χ4v) is 2.04. The van der Waals surface area contributed by atoms with Crippen molar-refractivity contribution < 1.29 is 14.7 Å². The summed E-state index contributed by atoms with van der Waals surface area (Å²) in [6.07, 6.45) is 3.49. The number of carboxylic acid groups (broad SMARTS) is 1. The maximum Gasteiger partial charge on any atom is 0.303 e. The average Bonchev–Trinajstić information content (AvgIpc) is 2.58. The van der Waals surface area contributed by atoms with Crippen molar-refractivity contribution in [3.05, 3.63) is 36.0 Å². The summed E-state index contributed by atoms with van der Waals surface area (Å²) in [7, 11) is 3.89. The Morgan fingerprint density at radius 2 is 1.88 bits per heavy atom. The number of anilines is 2. The third-order valence-electron chi connectivity index (χ3n) is 3.48. The Hall–Kier alpha value is -3.01. The molecule has 1 rings (SSSR count). The van der Waals surface area contributed by atoms with Crippen LogP contribution in [0, 0.1) is 11.3 Å². The first-order valence-corrected chi connectivity index (χ1v) is 8.08. The number of rotatable bonds is 10. The van der Waals surface area contributed by atoms with E-state index in [9.17, 15) is 9.59 Å². The first kappa shape index (κ1) is 20.0. The number of hydrogen-bond acceptors (Lipinski definition) is 5. The van der Waals surface area contributed by atoms with Gasteiger partial charge in [0.25, 0.3) is 5.91 Å². The Bertz CT molecular complexity index is 645. The number of benzene rings is 1. The molecular weight excluding hydrogens is 320 g/mol. The van der Waals surface area contributed by atoms with E-state index in [2.05, 4.69) is 10.6 Å². The number of unbranched alkanes of at least 4 members (excludes halogenated alkanes) is 2. The molecular formula is C18H24N4O3. The second-order valence-electron chi connectivity index (χ2n) is 5.72. The summed E-state index contributed by atoms with van der Waals surface area (Å²) in [5.41, 5.74) is 1.82. The lowest BCUT2D eigenvalue weighted by Crippen LogP contribution is -2.26. The van der Waals surface area contributed by atoms with Gasteiger partial charge >= 0.3 is 5.97 Å². The largest absolute Gasteiger partial charge is 0.481 e. The SMILES string of the molecule is CN(C)c1ccc(N/C=C(/C#N)C(=O)NCCCCCC(=O)O)cc1. The fourth-order valence-electron chi connectivity index (χ4n) is 2.04. The van der Waals surface area contributed by atoms with Gasteiger partial charge in [-0.1, -0.05) is 6.42 Å². The molecule has 0 saturated carbocycles. The summed E-state index contributed by atoms with van der Waals surface area (Å²) in [5.74, 6) is -1.26. The second kappa shape index (κ2) is 10.7. The summed E-state index contributed by atoms with van der Waals surface area (Å²) >= 11 is 0. The van der Waals surface area contributed by atoms with E-state index in [0.29, 0.717) is 25.8 Å². The molecule has 1 amide bonds. The first-order valence-electron chi connectivity index (χ1n) is 8.08. The molecule has 0 atom stereocenters. The van der Waals surface area contributed by atoms with Crippen molar-refractivity contribution in [3.8, 4) is 6.07 Å². The molecule has 0 aliphatic carbocycles. The summed E-state index contributed by atoms with van der Waals surface area (Å²) in [4.78, 5) is 24.3. The van der Waals surface area contributed by atoms with Gasteiger partial charge in [-0.15, -0.1) is 0 Å². The van der Waals surface area contributed by atoms with Crippen molar-refractivity contribution >= 4 is 23.3 Å². The zero-order valence-electron chi connectivity index (χ0n) is 14.6. The minimum Gasteiger partial charge on any atom is -0.481 e. The van der Waals surface area contributed by atoms with Crippen LogP contribution in [-0.4, -0.2) is 37.6 Å². The molecule has 7 heteroatoms. The zero-order valence-corrected chi connectivity index (χ0v) is 14.6. The molecule has 3 N–H and O–H groups in total. The van der Waals surface area contributed by atoms with Gasteiger partial charge in [0.05, 0.1) is 0 Å². The van der Waals surface area contributed by atoms with Crippen molar-refractivity contribution in [1.82, 2.24) is 5.32 Å². The van der Waals surface area contributed by atoms with Crippen molar-refractivity contribution in [3.63, 3.8) is 0 Å². The molecule has 0 aromatic heterocycles. The van der Waals surface area contributed by atoms with Crippen LogP contribution < -0.4 is 15.5 Å². The number of nitriles is 1. The number of carbonyl (C=O) groups excluding carboxylic acids is 1. The standard InChI is InChI=1S/C18H24N4O3/c1-22(2)16-9-7-15(8-10-16)21-13-14(12-19)18(25)20-11-5-3-4-6-17(23)24/h7-10,13,21H,3-6,11H2,1-2H3,(H,20,25)(H,23,24)/b14-13-. The molecule has 7 nitrogen and oxygen atoms in total. The number of carboxylic acids is 1. The van der Waals surface area contributed by atoms with Gasteiger partial charge in [-0.2, -0.15) is 5.26 Å². The number of amides is 1. The van der Waals surface area contributed by atoms with E-state index in [4.69, 9.17) is 10.4 Å². The van der Waals surface area contributed by atoms with Gasteiger partial charge in [-0.3, -0.25) is 9.59 Å². The Kier molecular flexibility index (Phi) is 8.58. The number of nitrogens with zero attached hydrogens (tertiary/aromatic N) is 2. The monoisotopic (exact) mass is 344 g/mol. The summed E-state index contributed by atoms with van der Waals surface area (Å²) in [6, 6.07) is 9.45. The Balaban J connectivity index is 2.43. The molecule has 134 valence electrons. The van der Waals surface area contributed by atoms with Gasteiger partial charge in [0, 0.05) is 44.6 Å². The summed E-state index contributed by atoms with van der Waals surface area (Å²) in [6.45, 7) is 0.412. The number of carbonyl (C=O) groups is 2. The fraction of sp³-hybridized carbons (Fsp3) is 0.389. The lowest BCUT2D eigenvalue weighted by Gasteiger charge is -2.12. The Morgan fingerprint density at radius 3 is 2.44 bits per heavy atom. The van der Waals surface area contributed by atoms with Crippen LogP contribution in [0.25, 0.3) is 0 Å². The smallest absolute Gasteiger partial charge is 0.303 e. The molecule has 0 aliphatic rings. The van der Waals surface area contributed by atoms with Crippen LogP contribution >= 0.6 is 0 Å². The van der Waals surface area contributed by atoms with E-state index in [1.807, 2.05) is 49.3 Å². The molecule has 25 heavy (non-hydrogen) atoms. The third kappa shape index (κ3) is 7.88. The zero-order chi connectivity index (χ0) is 18.7. The van der Waals surface area contributed by atoms with Crippen molar-refractivity contribution in [2.24, 2.45) is 0 Å². The minimum atomic E-state index is -0.816. The van der Waals surface area contributed by atoms with E-state index in [1.54, 1.807) is 0 Å². The van der Waals surface area contributed by atoms with Gasteiger partial charge in [-0.05, 0) is 37.1 Å². The summed E-state index contributed by atoms with van der Waals surface area (Å²) < 4.78 is 0. The van der Waals surface area contributed by atoms with E-state index in [0.717, 1.165) is 11.4 Å². The van der Waals surface area contributed by atoms with Gasteiger partial charge in [0.15, 0.2) is 0 Å². The van der Waals surface area contributed by atoms with Crippen molar-refractivity contribution in [1.29, 1.82) is 5.26 Å². The topological polar surface area (TPSA) is 105 Å². The highest BCUT2D eigenvalue weighted by atomic mass is 16.4. The average molecular weight is 344 g/mol. The Labute approximate surface area is 147 Å². The van der Waals surface area contributed by atoms with Crippen LogP contribution in [0.2, 0.25) is 0 Å². The molecule has 1 aromatic carbocycles. The lowest BCUT2D eigenvalue weighted by molar-refractivity contribution is -0.137. The molecule has 0 fully saturated rings. The molecule has 0 bridgehead atoms. The number of aliphatic carboxylic acids is 1. The van der Waals surface area contributed by atoms with Crippen LogP contribution in [0.3, 0.4) is 0 Å². The van der Waals surface area contributed by atoms with Crippen molar-refractivity contribution in [2.45, 2.75) is 25.7 Å². The predicted octanol–water partition coefficient (Wildman–Crippen LogP) is 2.33. The van der Waals surface area contributed by atoms with Gasteiger partial charge in [-0.25, -0.2) is 0 Å². The maximum absolute atomic E-state index is 11.9. The first-order chi connectivity index (χ1) is 11.9. The highest BCUT2D eigenvalue weighted by Crippen LogP contribution is 2.15. The van der Waals surface area contributed by atoms with Crippen LogP contribution in [0.15, 0.2) is 36.0 Å². The Morgan fingerprint density at radius 1 is 1.20 bits per heavy atom. The van der Waals surface area contributed by atoms with E-state index in [1.165, 1.54) is 6.20 Å². The highest BCUT2D eigenvalue weighted by Gasteiger charge is 2.08. The molecule has 1 aromatic rings. The number of nitrogens with one attached hydrogen (secondary N) is 2. The maximum atomic E-state index is 11.9. The quantitative estimate of drug-likeness (QED) is 0.342. The molecule has 0 radical (unpaired) electrons. The molecule has 0 spiro atoms. The predicted molar refractivity (Wildman–Crippen MR) is 97.2 cm³/mol. The van der Waals surface area contributed by atoms with Gasteiger partial charge in [0.2, 0.25) is 0 Å². The van der Waals surface area contributed by atoms with E-state index in [-0.39, 0.29) is 12.0 Å². The third-order valence-corrected chi connectivity index (χ3v) is 3.48. The molecule has 0 saturated heterocycles. The second-order valence-corrected chi connectivity index (χ2v) is 5.72. The van der Waals surface area contributed by atoms with Gasteiger partial charge in [0.1, 0.15) is 11.6 Å². The van der Waals surface area contributed by atoms with E-state index >= 15 is 0 Å². The van der Waals surface area contributed by atoms with Crippen LogP contribution in [0.4, 0.5) is 11.4 Å². The summed E-state index contributed by atoms with van der Waals surface area (Å²) in [5, 5.41) is 23.2. The molecule has 0 heterocycles. The lowest BCUT2D eigenvalue weighted by atomic mass is 10.2. The normalized spacial score (nSPS) is 10.7. The van der Waals surface area contributed by atoms with Gasteiger partial charge < -0.3 is 20.6 Å². The van der Waals surface area contributed by atoms with Crippen LogP contribution in [0.5, 0.6) is 0 Å².